The molecule has 1 N–H and O–H groups in total. The summed E-state index contributed by atoms with van der Waals surface area (Å²) in [5.41, 5.74) is 0.307. The van der Waals surface area contributed by atoms with E-state index < -0.39 is 19.9 Å². The number of nitrogens with one attached hydrogen (secondary N) is 1. The summed E-state index contributed by atoms with van der Waals surface area (Å²) in [5.74, 6) is -0.142. The van der Waals surface area contributed by atoms with Gasteiger partial charge in [-0.3, -0.25) is 9.69 Å². The fraction of sp³-hybridized carbons (Fsp3) is 0.471. The minimum absolute atomic E-state index is 0.0296. The van der Waals surface area contributed by atoms with Crippen molar-refractivity contribution in [1.29, 1.82) is 0 Å². The summed E-state index contributed by atoms with van der Waals surface area (Å²) >= 11 is 0. The molecule has 1 amide bonds. The molecule has 0 unspecified atom stereocenters. The quantitative estimate of drug-likeness (QED) is 0.597. The highest BCUT2D eigenvalue weighted by Gasteiger charge is 2.24. The van der Waals surface area contributed by atoms with Crippen molar-refractivity contribution in [3.63, 3.8) is 0 Å². The average molecular weight is 416 g/mol. The second kappa shape index (κ2) is 8.96. The molecule has 1 fully saturated rings. The van der Waals surface area contributed by atoms with Crippen LogP contribution in [0.3, 0.4) is 0 Å². The highest BCUT2D eigenvalue weighted by atomic mass is 32.2. The van der Waals surface area contributed by atoms with E-state index in [1.165, 1.54) is 30.5 Å². The topological polar surface area (TPSA) is 104 Å². The van der Waals surface area contributed by atoms with Crippen molar-refractivity contribution in [3.05, 3.63) is 42.5 Å². The number of nitrogens with zero attached hydrogens (tertiary/aromatic N) is 2. The van der Waals surface area contributed by atoms with Crippen LogP contribution in [0.15, 0.2) is 41.8 Å². The lowest BCUT2D eigenvalue weighted by Crippen LogP contribution is -2.49. The van der Waals surface area contributed by atoms with E-state index in [0.29, 0.717) is 38.3 Å². The van der Waals surface area contributed by atoms with Crippen LogP contribution < -0.4 is 4.72 Å². The fourth-order valence-electron chi connectivity index (χ4n) is 2.70. The fourth-order valence-corrected chi connectivity index (χ4v) is 4.33. The second-order valence-corrected chi connectivity index (χ2v) is 10.5. The zero-order chi connectivity index (χ0) is 20.1. The Morgan fingerprint density at radius 2 is 1.85 bits per heavy atom. The van der Waals surface area contributed by atoms with Crippen LogP contribution >= 0.6 is 0 Å². The molecule has 27 heavy (non-hydrogen) atoms. The Kier molecular flexibility index (Phi) is 7.15. The Morgan fingerprint density at radius 3 is 2.44 bits per heavy atom. The van der Waals surface area contributed by atoms with Gasteiger partial charge in [0.15, 0.2) is 0 Å². The number of hydrogen-bond acceptors (Lipinski definition) is 6. The molecule has 1 saturated heterocycles. The molecule has 0 bridgehead atoms. The average Bonchev–Trinajstić information content (AvgIpc) is 2.64. The number of sulfonamides is 1. The molecule has 0 aliphatic carbocycles. The molecule has 2 rings (SSSR count). The van der Waals surface area contributed by atoms with Crippen LogP contribution in [-0.2, 0) is 19.9 Å². The van der Waals surface area contributed by atoms with Crippen LogP contribution in [0.2, 0.25) is 0 Å². The van der Waals surface area contributed by atoms with E-state index in [1.54, 1.807) is 11.0 Å². The van der Waals surface area contributed by atoms with Crippen molar-refractivity contribution in [2.24, 2.45) is 0 Å². The van der Waals surface area contributed by atoms with Gasteiger partial charge < -0.3 is 4.90 Å². The smallest absolute Gasteiger partial charge is 0.253 e. The van der Waals surface area contributed by atoms with E-state index >= 15 is 0 Å². The van der Waals surface area contributed by atoms with Gasteiger partial charge in [0.2, 0.25) is 10.0 Å². The van der Waals surface area contributed by atoms with Gasteiger partial charge in [-0.05, 0) is 18.2 Å². The molecule has 0 saturated carbocycles. The Balaban J connectivity index is 2.01. The summed E-state index contributed by atoms with van der Waals surface area (Å²) < 4.78 is 49.3. The monoisotopic (exact) mass is 415 g/mol. The third kappa shape index (κ3) is 6.42. The van der Waals surface area contributed by atoms with Crippen molar-refractivity contribution in [3.8, 4) is 0 Å². The van der Waals surface area contributed by atoms with Gasteiger partial charge in [-0.15, -0.1) is 6.58 Å². The van der Waals surface area contributed by atoms with Gasteiger partial charge in [0.25, 0.3) is 5.91 Å². The molecule has 0 spiro atoms. The first kappa shape index (κ1) is 21.5. The molecule has 10 heteroatoms. The predicted octanol–water partition coefficient (Wildman–Crippen LogP) is -0.0467. The van der Waals surface area contributed by atoms with Crippen LogP contribution in [0.5, 0.6) is 0 Å². The van der Waals surface area contributed by atoms with Gasteiger partial charge >= 0.3 is 0 Å². The van der Waals surface area contributed by atoms with Gasteiger partial charge in [0.05, 0.1) is 10.6 Å². The van der Waals surface area contributed by atoms with E-state index in [4.69, 9.17) is 0 Å². The SMILES string of the molecule is C=CCNS(=O)(=O)c1cccc(C(=O)N2CCN(CCS(C)(=O)=O)CC2)c1. The molecule has 0 radical (unpaired) electrons. The molecular weight excluding hydrogens is 390 g/mol. The first-order valence-electron chi connectivity index (χ1n) is 8.52. The molecule has 1 aliphatic heterocycles. The second-order valence-electron chi connectivity index (χ2n) is 6.43. The lowest BCUT2D eigenvalue weighted by Gasteiger charge is -2.34. The number of carbonyl (C=O) groups is 1. The molecule has 150 valence electrons. The van der Waals surface area contributed by atoms with Crippen LogP contribution in [0.1, 0.15) is 10.4 Å². The molecule has 1 heterocycles. The van der Waals surface area contributed by atoms with Gasteiger partial charge in [-0.25, -0.2) is 21.6 Å². The largest absolute Gasteiger partial charge is 0.336 e. The third-order valence-electron chi connectivity index (χ3n) is 4.25. The maximum absolute atomic E-state index is 12.7. The minimum Gasteiger partial charge on any atom is -0.336 e. The first-order valence-corrected chi connectivity index (χ1v) is 12.1. The zero-order valence-electron chi connectivity index (χ0n) is 15.3. The van der Waals surface area contributed by atoms with Crippen molar-refractivity contribution in [1.82, 2.24) is 14.5 Å². The van der Waals surface area contributed by atoms with Gasteiger partial charge in [-0.1, -0.05) is 12.1 Å². The summed E-state index contributed by atoms with van der Waals surface area (Å²) in [6.07, 6.45) is 2.65. The Hall–Kier alpha value is -1.75. The number of benzene rings is 1. The van der Waals surface area contributed by atoms with E-state index in [0.717, 1.165) is 0 Å². The molecule has 1 aromatic carbocycles. The van der Waals surface area contributed by atoms with Crippen molar-refractivity contribution < 1.29 is 21.6 Å². The van der Waals surface area contributed by atoms with Gasteiger partial charge in [0.1, 0.15) is 9.84 Å². The highest BCUT2D eigenvalue weighted by molar-refractivity contribution is 7.90. The van der Waals surface area contributed by atoms with E-state index in [2.05, 4.69) is 11.3 Å². The lowest BCUT2D eigenvalue weighted by molar-refractivity contribution is 0.0644. The summed E-state index contributed by atoms with van der Waals surface area (Å²) in [4.78, 5) is 16.4. The molecule has 1 aromatic rings. The third-order valence-corrected chi connectivity index (χ3v) is 6.59. The summed E-state index contributed by atoms with van der Waals surface area (Å²) in [6, 6.07) is 5.93. The normalized spacial score (nSPS) is 16.3. The summed E-state index contributed by atoms with van der Waals surface area (Å²) in [7, 11) is -6.71. The number of rotatable bonds is 8. The van der Waals surface area contributed by atoms with E-state index in [1.807, 2.05) is 4.90 Å². The molecular formula is C17H25N3O5S2. The number of amides is 1. The maximum atomic E-state index is 12.7. The van der Waals surface area contributed by atoms with Gasteiger partial charge in [0, 0.05) is 51.1 Å². The van der Waals surface area contributed by atoms with Crippen LogP contribution in [-0.4, -0.2) is 83.8 Å². The number of hydrogen-bond donors (Lipinski definition) is 1. The lowest BCUT2D eigenvalue weighted by atomic mass is 10.2. The number of sulfone groups is 1. The molecule has 8 nitrogen and oxygen atoms in total. The highest BCUT2D eigenvalue weighted by Crippen LogP contribution is 2.14. The Morgan fingerprint density at radius 1 is 1.19 bits per heavy atom. The molecule has 0 atom stereocenters. The Bertz CT molecular complexity index is 889. The van der Waals surface area contributed by atoms with Gasteiger partial charge in [-0.2, -0.15) is 0 Å². The summed E-state index contributed by atoms with van der Waals surface area (Å²) in [5, 5.41) is 0. The predicted molar refractivity (Wildman–Crippen MR) is 104 cm³/mol. The molecule has 0 aromatic heterocycles. The van der Waals surface area contributed by atoms with Crippen molar-refractivity contribution in [2.75, 3.05) is 51.3 Å². The standard InChI is InChI=1S/C17H25N3O5S2/c1-3-7-18-27(24,25)16-6-4-5-15(14-16)17(21)20-10-8-19(9-11-20)12-13-26(2,22)23/h3-6,14,18H,1,7-13H2,2H3. The van der Waals surface area contributed by atoms with Crippen molar-refractivity contribution in [2.45, 2.75) is 4.90 Å². The van der Waals surface area contributed by atoms with Crippen molar-refractivity contribution >= 4 is 25.8 Å². The molecule has 1 aliphatic rings. The van der Waals surface area contributed by atoms with Crippen LogP contribution in [0.25, 0.3) is 0 Å². The summed E-state index contributed by atoms with van der Waals surface area (Å²) in [6.45, 7) is 6.13. The van der Waals surface area contributed by atoms with E-state index in [9.17, 15) is 21.6 Å². The zero-order valence-corrected chi connectivity index (χ0v) is 16.9. The minimum atomic E-state index is -3.70. The Labute approximate surface area is 160 Å². The van der Waals surface area contributed by atoms with Crippen LogP contribution in [0, 0.1) is 0 Å². The van der Waals surface area contributed by atoms with Crippen LogP contribution in [0.4, 0.5) is 0 Å². The first-order chi connectivity index (χ1) is 12.6. The maximum Gasteiger partial charge on any atom is 0.253 e. The number of piperazine rings is 1. The number of carbonyl (C=O) groups excluding carboxylic acids is 1. The van der Waals surface area contributed by atoms with E-state index in [-0.39, 0.29) is 23.1 Å².